The van der Waals surface area contributed by atoms with E-state index in [0.717, 1.165) is 0 Å². The summed E-state index contributed by atoms with van der Waals surface area (Å²) in [5, 5.41) is 0. The second-order valence-electron chi connectivity index (χ2n) is 9.08. The van der Waals surface area contributed by atoms with E-state index < -0.39 is 0 Å². The molecule has 0 atom stereocenters. The fourth-order valence-corrected chi connectivity index (χ4v) is 4.61. The van der Waals surface area contributed by atoms with Crippen molar-refractivity contribution in [3.05, 3.63) is 183 Å². The molecule has 2 saturated carbocycles. The third-order valence-corrected chi connectivity index (χ3v) is 6.72. The number of benzene rings is 4. The minimum Gasteiger partial charge on any atom is -0.0578 e. The van der Waals surface area contributed by atoms with Gasteiger partial charge in [0.05, 0.1) is 0 Å². The van der Waals surface area contributed by atoms with E-state index in [1.165, 1.54) is 56.3 Å². The molecule has 0 unspecified atom stereocenters. The van der Waals surface area contributed by atoms with Gasteiger partial charge in [-0.3, -0.25) is 0 Å². The number of hydrogen-bond acceptors (Lipinski definition) is 0. The van der Waals surface area contributed by atoms with Crippen LogP contribution in [-0.2, 0) is 0 Å². The standard InChI is InChI=1S/C36H26/c1-2-6-29(5-1)33-19-23-35(24-20-33)31-15-11-27(12-16-31)9-10-28-13-17-32(18-14-28)36-25-21-34(22-26-36)30-7-3-4-8-30/h1-26H/b10-9-. The van der Waals surface area contributed by atoms with Crippen molar-refractivity contribution < 1.29 is 0 Å². The second kappa shape index (κ2) is 10.7. The van der Waals surface area contributed by atoms with Crippen LogP contribution in [0.1, 0.15) is 22.3 Å². The molecule has 0 aromatic heterocycles. The fraction of sp³-hybridized carbons (Fsp3) is 0. The van der Waals surface area contributed by atoms with Gasteiger partial charge in [0, 0.05) is 11.8 Å². The fourth-order valence-electron chi connectivity index (χ4n) is 4.61. The lowest BCUT2D eigenvalue weighted by Gasteiger charge is -2.09. The Morgan fingerprint density at radius 2 is 0.528 bits per heavy atom. The van der Waals surface area contributed by atoms with Gasteiger partial charge in [-0.2, -0.15) is 0 Å². The number of hydrogen-bond donors (Lipinski definition) is 0. The molecule has 0 N–H and O–H groups in total. The van der Waals surface area contributed by atoms with Gasteiger partial charge in [-0.15, -0.1) is 0 Å². The molecular weight excluding hydrogens is 432 g/mol. The summed E-state index contributed by atoms with van der Waals surface area (Å²) in [7, 11) is 0. The highest BCUT2D eigenvalue weighted by Crippen LogP contribution is 2.33. The summed E-state index contributed by atoms with van der Waals surface area (Å²) in [6.07, 6.45) is 21.2. The Morgan fingerprint density at radius 3 is 0.833 bits per heavy atom. The van der Waals surface area contributed by atoms with Crippen LogP contribution in [-0.4, -0.2) is 0 Å². The zero-order chi connectivity index (χ0) is 24.2. The molecule has 2 aliphatic rings. The van der Waals surface area contributed by atoms with Crippen LogP contribution in [0.15, 0.2) is 97.1 Å². The minimum atomic E-state index is 1.19. The van der Waals surface area contributed by atoms with Gasteiger partial charge in [-0.1, -0.05) is 109 Å². The van der Waals surface area contributed by atoms with Gasteiger partial charge in [-0.05, 0) is 95.9 Å². The first kappa shape index (κ1) is 23.0. The quantitative estimate of drug-likeness (QED) is 0.254. The Hall–Kier alpha value is -3.38. The average molecular weight is 459 g/mol. The van der Waals surface area contributed by atoms with Gasteiger partial charge < -0.3 is 0 Å². The van der Waals surface area contributed by atoms with Crippen molar-refractivity contribution in [2.45, 2.75) is 0 Å². The van der Waals surface area contributed by atoms with Gasteiger partial charge >= 0.3 is 0 Å². The van der Waals surface area contributed by atoms with Crippen LogP contribution >= 0.6 is 0 Å². The van der Waals surface area contributed by atoms with Crippen molar-refractivity contribution in [3.63, 3.8) is 0 Å². The van der Waals surface area contributed by atoms with Gasteiger partial charge in [0.2, 0.25) is 0 Å². The molecule has 0 aliphatic heterocycles. The first-order valence-electron chi connectivity index (χ1n) is 12.4. The molecule has 2 aliphatic carbocycles. The Labute approximate surface area is 216 Å². The van der Waals surface area contributed by atoms with Crippen LogP contribution in [0.4, 0.5) is 0 Å². The molecule has 4 aromatic rings. The molecule has 0 amide bonds. The van der Waals surface area contributed by atoms with E-state index in [9.17, 15) is 0 Å². The molecule has 0 saturated heterocycles. The largest absolute Gasteiger partial charge is 0.0578 e. The van der Waals surface area contributed by atoms with Gasteiger partial charge in [0.1, 0.15) is 0 Å². The molecule has 0 bridgehead atoms. The predicted molar refractivity (Wildman–Crippen MR) is 152 cm³/mol. The van der Waals surface area contributed by atoms with Crippen LogP contribution in [0.3, 0.4) is 0 Å². The molecule has 10 radical (unpaired) electrons. The van der Waals surface area contributed by atoms with E-state index >= 15 is 0 Å². The summed E-state index contributed by atoms with van der Waals surface area (Å²) in [5.74, 6) is 2.53. The maximum absolute atomic E-state index is 2.20. The van der Waals surface area contributed by atoms with Crippen LogP contribution in [0.5, 0.6) is 0 Å². The van der Waals surface area contributed by atoms with Gasteiger partial charge in [0.15, 0.2) is 0 Å². The maximum Gasteiger partial charge on any atom is 0.0124 e. The Balaban J connectivity index is 1.08. The zero-order valence-corrected chi connectivity index (χ0v) is 20.0. The van der Waals surface area contributed by atoms with Gasteiger partial charge in [0.25, 0.3) is 0 Å². The molecule has 0 spiro atoms. The van der Waals surface area contributed by atoms with Crippen molar-refractivity contribution >= 4 is 12.2 Å². The van der Waals surface area contributed by atoms with E-state index in [1.807, 2.05) is 0 Å². The monoisotopic (exact) mass is 458 g/mol. The number of rotatable bonds is 6. The molecule has 36 heavy (non-hydrogen) atoms. The summed E-state index contributed by atoms with van der Waals surface area (Å²) in [6, 6.07) is 35.1. The first-order chi connectivity index (χ1) is 17.8. The van der Waals surface area contributed by atoms with E-state index in [0.29, 0.717) is 0 Å². The van der Waals surface area contributed by atoms with E-state index in [4.69, 9.17) is 0 Å². The van der Waals surface area contributed by atoms with Crippen LogP contribution in [0, 0.1) is 63.2 Å². The van der Waals surface area contributed by atoms with Crippen LogP contribution in [0.2, 0.25) is 0 Å². The van der Waals surface area contributed by atoms with E-state index in [2.05, 4.69) is 161 Å². The molecule has 0 nitrogen and oxygen atoms in total. The molecule has 170 valence electrons. The second-order valence-corrected chi connectivity index (χ2v) is 9.08. The molecule has 0 heteroatoms. The third-order valence-electron chi connectivity index (χ3n) is 6.72. The Bertz CT molecular complexity index is 1170. The minimum absolute atomic E-state index is 1.19. The van der Waals surface area contributed by atoms with Crippen molar-refractivity contribution in [1.29, 1.82) is 0 Å². The smallest absolute Gasteiger partial charge is 0.0124 e. The van der Waals surface area contributed by atoms with Crippen LogP contribution < -0.4 is 0 Å². The molecule has 2 fully saturated rings. The summed E-state index contributed by atoms with van der Waals surface area (Å²) in [4.78, 5) is 0. The third kappa shape index (κ3) is 5.24. The molecule has 4 aromatic carbocycles. The van der Waals surface area contributed by atoms with E-state index in [-0.39, 0.29) is 0 Å². The van der Waals surface area contributed by atoms with E-state index in [1.54, 1.807) is 0 Å². The highest BCUT2D eigenvalue weighted by atomic mass is 14.2. The molecular formula is C36H26. The average Bonchev–Trinajstić information content (AvgIpc) is 3.68. The summed E-state index contributed by atoms with van der Waals surface area (Å²) >= 11 is 0. The zero-order valence-electron chi connectivity index (χ0n) is 20.0. The van der Waals surface area contributed by atoms with Crippen LogP contribution in [0.25, 0.3) is 34.4 Å². The lowest BCUT2D eigenvalue weighted by molar-refractivity contribution is 1.29. The van der Waals surface area contributed by atoms with Crippen molar-refractivity contribution in [2.75, 3.05) is 0 Å². The highest BCUT2D eigenvalue weighted by Gasteiger charge is 2.19. The summed E-state index contributed by atoms with van der Waals surface area (Å²) in [5.41, 5.74) is 9.83. The lowest BCUT2D eigenvalue weighted by atomic mass is 9.95. The first-order valence-corrected chi connectivity index (χ1v) is 12.4. The highest BCUT2D eigenvalue weighted by molar-refractivity contribution is 5.74. The predicted octanol–water partition coefficient (Wildman–Crippen LogP) is 8.70. The van der Waals surface area contributed by atoms with Gasteiger partial charge in [-0.25, -0.2) is 0 Å². The summed E-state index contributed by atoms with van der Waals surface area (Å²) in [6.45, 7) is 0. The van der Waals surface area contributed by atoms with Crippen molar-refractivity contribution in [1.82, 2.24) is 0 Å². The molecule has 6 rings (SSSR count). The Morgan fingerprint density at radius 1 is 0.278 bits per heavy atom. The molecule has 0 heterocycles. The Kier molecular flexibility index (Phi) is 6.85. The normalized spacial score (nSPS) is 16.8. The van der Waals surface area contributed by atoms with Crippen molar-refractivity contribution in [3.8, 4) is 22.3 Å². The maximum atomic E-state index is 2.20. The lowest BCUT2D eigenvalue weighted by Crippen LogP contribution is -1.94. The van der Waals surface area contributed by atoms with Crippen molar-refractivity contribution in [2.24, 2.45) is 0 Å². The topological polar surface area (TPSA) is 0 Å². The SMILES string of the molecule is [CH]1[CH][CH][C](c2ccc(-c3ccc(/C=C\c4ccc(-c5ccc([C]6[CH][CH][CH][CH]6)cc5)cc4)cc3)cc2)[CH]1. The summed E-state index contributed by atoms with van der Waals surface area (Å²) < 4.78 is 0.